The molecule has 0 spiro atoms. The molecule has 1 aliphatic carbocycles. The first-order valence-corrected chi connectivity index (χ1v) is 10.8. The Labute approximate surface area is 196 Å². The second-order valence-electron chi connectivity index (χ2n) is 8.99. The SMILES string of the molecule is CC1(C)CC(=O)C2=C(C1)N(NC(=O)c1ccc(O)cc1)C(N)=C(C#N)C2c1ccccc1Cl. The van der Waals surface area contributed by atoms with Crippen molar-refractivity contribution < 1.29 is 14.7 Å². The quantitative estimate of drug-likeness (QED) is 0.631. The Bertz CT molecular complexity index is 1260. The lowest BCUT2D eigenvalue weighted by Gasteiger charge is -2.43. The number of ketones is 1. The number of hydrogen-bond donors (Lipinski definition) is 3. The van der Waals surface area contributed by atoms with Gasteiger partial charge in [-0.15, -0.1) is 0 Å². The Morgan fingerprint density at radius 2 is 1.88 bits per heavy atom. The number of carbonyl (C=O) groups excluding carboxylic acids is 2. The number of nitriles is 1. The smallest absolute Gasteiger partial charge is 0.270 e. The Kier molecular flexibility index (Phi) is 5.64. The summed E-state index contributed by atoms with van der Waals surface area (Å²) in [7, 11) is 0. The molecule has 0 fully saturated rings. The van der Waals surface area contributed by atoms with Gasteiger partial charge in [-0.3, -0.25) is 15.0 Å². The highest BCUT2D eigenvalue weighted by atomic mass is 35.5. The molecule has 1 amide bonds. The summed E-state index contributed by atoms with van der Waals surface area (Å²) >= 11 is 6.47. The first-order valence-electron chi connectivity index (χ1n) is 10.4. The van der Waals surface area contributed by atoms with Crippen LogP contribution in [0.25, 0.3) is 0 Å². The summed E-state index contributed by atoms with van der Waals surface area (Å²) in [6.45, 7) is 3.94. The van der Waals surface area contributed by atoms with E-state index in [1.807, 2.05) is 13.8 Å². The topological polar surface area (TPSA) is 119 Å². The highest BCUT2D eigenvalue weighted by Gasteiger charge is 2.45. The van der Waals surface area contributed by atoms with E-state index in [0.717, 1.165) is 0 Å². The molecule has 2 aromatic carbocycles. The summed E-state index contributed by atoms with van der Waals surface area (Å²) in [6, 6.07) is 14.9. The molecule has 1 aliphatic heterocycles. The van der Waals surface area contributed by atoms with Gasteiger partial charge in [-0.1, -0.05) is 43.6 Å². The lowest BCUT2D eigenvalue weighted by Crippen LogP contribution is -2.49. The van der Waals surface area contributed by atoms with Crippen LogP contribution in [0.4, 0.5) is 0 Å². The number of aromatic hydroxyl groups is 1. The number of nitrogens with one attached hydrogen (secondary N) is 1. The molecule has 1 heterocycles. The van der Waals surface area contributed by atoms with E-state index in [4.69, 9.17) is 17.3 Å². The number of Topliss-reactive ketones (excluding diaryl/α,β-unsaturated/α-hetero) is 1. The van der Waals surface area contributed by atoms with Crippen LogP contribution < -0.4 is 11.2 Å². The molecule has 0 bridgehead atoms. The van der Waals surface area contributed by atoms with Crippen LogP contribution in [0, 0.1) is 16.7 Å². The van der Waals surface area contributed by atoms with E-state index < -0.39 is 11.8 Å². The fraction of sp³-hybridized carbons (Fsp3) is 0.240. The van der Waals surface area contributed by atoms with E-state index in [9.17, 15) is 20.0 Å². The molecule has 2 aliphatic rings. The maximum Gasteiger partial charge on any atom is 0.270 e. The van der Waals surface area contributed by atoms with Crippen molar-refractivity contribution in [2.45, 2.75) is 32.6 Å². The zero-order valence-electron chi connectivity index (χ0n) is 18.2. The third-order valence-corrected chi connectivity index (χ3v) is 6.28. The van der Waals surface area contributed by atoms with Crippen molar-refractivity contribution in [1.29, 1.82) is 5.26 Å². The average molecular weight is 463 g/mol. The molecule has 168 valence electrons. The number of phenolic OH excluding ortho intramolecular Hbond substituents is 1. The summed E-state index contributed by atoms with van der Waals surface area (Å²) in [5.74, 6) is -1.25. The van der Waals surface area contributed by atoms with Gasteiger partial charge in [0.2, 0.25) is 0 Å². The number of rotatable bonds is 3. The van der Waals surface area contributed by atoms with Gasteiger partial charge in [-0.05, 0) is 47.7 Å². The van der Waals surface area contributed by atoms with E-state index in [2.05, 4.69) is 11.5 Å². The molecule has 33 heavy (non-hydrogen) atoms. The Morgan fingerprint density at radius 3 is 2.52 bits per heavy atom. The number of phenols is 1. The number of allylic oxidation sites excluding steroid dienone is 3. The second kappa shape index (κ2) is 8.30. The van der Waals surface area contributed by atoms with E-state index in [-0.39, 0.29) is 33.9 Å². The standard InChI is InChI=1S/C25H23ClN4O3/c1-25(2)11-19-22(20(32)12-25)21(16-5-3-4-6-18(16)26)17(13-27)23(28)30(19)29-24(33)14-7-9-15(31)10-8-14/h3-10,21,31H,11-12,28H2,1-2H3,(H,29,33). The molecule has 0 aromatic heterocycles. The largest absolute Gasteiger partial charge is 0.508 e. The van der Waals surface area contributed by atoms with Gasteiger partial charge in [-0.25, -0.2) is 5.01 Å². The predicted molar refractivity (Wildman–Crippen MR) is 123 cm³/mol. The maximum absolute atomic E-state index is 13.4. The van der Waals surface area contributed by atoms with Crippen LogP contribution in [0.1, 0.15) is 48.5 Å². The van der Waals surface area contributed by atoms with Gasteiger partial charge in [0.1, 0.15) is 11.6 Å². The minimum atomic E-state index is -0.718. The molecule has 1 atom stereocenters. The van der Waals surface area contributed by atoms with Crippen molar-refractivity contribution in [2.75, 3.05) is 0 Å². The van der Waals surface area contributed by atoms with Crippen LogP contribution >= 0.6 is 11.6 Å². The first-order chi connectivity index (χ1) is 15.6. The molecule has 0 radical (unpaired) electrons. The van der Waals surface area contributed by atoms with Crippen LogP contribution in [-0.2, 0) is 4.79 Å². The lowest BCUT2D eigenvalue weighted by molar-refractivity contribution is -0.118. The maximum atomic E-state index is 13.4. The molecule has 4 rings (SSSR count). The highest BCUT2D eigenvalue weighted by molar-refractivity contribution is 6.31. The van der Waals surface area contributed by atoms with Gasteiger partial charge in [-0.2, -0.15) is 5.26 Å². The van der Waals surface area contributed by atoms with Gasteiger partial charge in [0, 0.05) is 22.6 Å². The van der Waals surface area contributed by atoms with Gasteiger partial charge in [0.15, 0.2) is 5.78 Å². The summed E-state index contributed by atoms with van der Waals surface area (Å²) < 4.78 is 0. The highest BCUT2D eigenvalue weighted by Crippen LogP contribution is 2.49. The molecule has 0 saturated heterocycles. The van der Waals surface area contributed by atoms with Crippen molar-refractivity contribution in [3.8, 4) is 11.8 Å². The van der Waals surface area contributed by atoms with Crippen LogP contribution in [0.15, 0.2) is 71.2 Å². The number of carbonyl (C=O) groups is 2. The predicted octanol–water partition coefficient (Wildman–Crippen LogP) is 4.13. The van der Waals surface area contributed by atoms with Gasteiger partial charge in [0.05, 0.1) is 23.3 Å². The van der Waals surface area contributed by atoms with E-state index in [1.165, 1.54) is 29.3 Å². The van der Waals surface area contributed by atoms with Crippen molar-refractivity contribution in [1.82, 2.24) is 10.4 Å². The zero-order valence-corrected chi connectivity index (χ0v) is 19.0. The fourth-order valence-electron chi connectivity index (χ4n) is 4.44. The number of amides is 1. The summed E-state index contributed by atoms with van der Waals surface area (Å²) in [5, 5.41) is 21.3. The van der Waals surface area contributed by atoms with Crippen molar-refractivity contribution in [3.05, 3.63) is 87.3 Å². The minimum Gasteiger partial charge on any atom is -0.508 e. The number of hydrazine groups is 1. The molecular weight excluding hydrogens is 440 g/mol. The van der Waals surface area contributed by atoms with Gasteiger partial charge < -0.3 is 10.8 Å². The second-order valence-corrected chi connectivity index (χ2v) is 9.40. The molecule has 0 saturated carbocycles. The number of hydrogen-bond acceptors (Lipinski definition) is 6. The van der Waals surface area contributed by atoms with Crippen LogP contribution in [-0.4, -0.2) is 21.8 Å². The number of halogens is 1. The van der Waals surface area contributed by atoms with Crippen molar-refractivity contribution in [3.63, 3.8) is 0 Å². The lowest BCUT2D eigenvalue weighted by atomic mass is 9.69. The molecule has 7 nitrogen and oxygen atoms in total. The summed E-state index contributed by atoms with van der Waals surface area (Å²) in [4.78, 5) is 26.4. The minimum absolute atomic E-state index is 0.0305. The molecule has 8 heteroatoms. The fourth-order valence-corrected chi connectivity index (χ4v) is 4.68. The van der Waals surface area contributed by atoms with Crippen LogP contribution in [0.2, 0.25) is 5.02 Å². The average Bonchev–Trinajstić information content (AvgIpc) is 2.75. The third-order valence-electron chi connectivity index (χ3n) is 5.94. The van der Waals surface area contributed by atoms with Gasteiger partial charge >= 0.3 is 0 Å². The van der Waals surface area contributed by atoms with Crippen LogP contribution in [0.3, 0.4) is 0 Å². The number of benzene rings is 2. The molecular formula is C25H23ClN4O3. The van der Waals surface area contributed by atoms with Crippen LogP contribution in [0.5, 0.6) is 5.75 Å². The number of nitrogens with two attached hydrogens (primary N) is 1. The first kappa shape index (κ1) is 22.4. The zero-order chi connectivity index (χ0) is 23.9. The Hall–Kier alpha value is -3.76. The van der Waals surface area contributed by atoms with Gasteiger partial charge in [0.25, 0.3) is 5.91 Å². The molecule has 4 N–H and O–H groups in total. The Morgan fingerprint density at radius 1 is 1.21 bits per heavy atom. The molecule has 2 aromatic rings. The Balaban J connectivity index is 1.87. The summed E-state index contributed by atoms with van der Waals surface area (Å²) in [6.07, 6.45) is 0.759. The third kappa shape index (κ3) is 4.06. The monoisotopic (exact) mass is 462 g/mol. The van der Waals surface area contributed by atoms with E-state index >= 15 is 0 Å². The van der Waals surface area contributed by atoms with E-state index in [0.29, 0.717) is 34.7 Å². The summed E-state index contributed by atoms with van der Waals surface area (Å²) in [5.41, 5.74) is 10.8. The van der Waals surface area contributed by atoms with Crippen molar-refractivity contribution >= 4 is 23.3 Å². The molecule has 1 unspecified atom stereocenters. The van der Waals surface area contributed by atoms with Crippen molar-refractivity contribution in [2.24, 2.45) is 11.1 Å². The normalized spacial score (nSPS) is 19.8. The van der Waals surface area contributed by atoms with E-state index in [1.54, 1.807) is 24.3 Å². The number of nitrogens with zero attached hydrogens (tertiary/aromatic N) is 2.